The highest BCUT2D eigenvalue weighted by molar-refractivity contribution is 6.01. The molecule has 0 fully saturated rings. The number of hydrogen-bond acceptors (Lipinski definition) is 4. The summed E-state index contributed by atoms with van der Waals surface area (Å²) in [5.74, 6) is 0.197. The number of hydrogen-bond donors (Lipinski definition) is 1. The summed E-state index contributed by atoms with van der Waals surface area (Å²) >= 11 is 0. The minimum Gasteiger partial charge on any atom is -0.490 e. The van der Waals surface area contributed by atoms with Crippen LogP contribution >= 0.6 is 0 Å². The van der Waals surface area contributed by atoms with Gasteiger partial charge in [0.2, 0.25) is 0 Å². The first-order chi connectivity index (χ1) is 7.69. The summed E-state index contributed by atoms with van der Waals surface area (Å²) in [4.78, 5) is 3.98. The molecule has 0 bridgehead atoms. The van der Waals surface area contributed by atoms with Crippen LogP contribution in [0, 0.1) is 5.82 Å². The summed E-state index contributed by atoms with van der Waals surface area (Å²) in [5, 5.41) is 0. The van der Waals surface area contributed by atoms with Crippen LogP contribution in [0.3, 0.4) is 0 Å². The van der Waals surface area contributed by atoms with Gasteiger partial charge < -0.3 is 15.2 Å². The van der Waals surface area contributed by atoms with Crippen molar-refractivity contribution < 1.29 is 13.9 Å². The zero-order chi connectivity index (χ0) is 11.7. The molecule has 1 aromatic rings. The van der Waals surface area contributed by atoms with E-state index >= 15 is 0 Å². The first-order valence-corrected chi connectivity index (χ1v) is 5.01. The molecule has 0 aliphatic carbocycles. The number of ether oxygens (including phenoxy) is 2. The van der Waals surface area contributed by atoms with Crippen LogP contribution < -0.4 is 15.2 Å². The maximum absolute atomic E-state index is 14.0. The molecule has 0 unspecified atom stereocenters. The van der Waals surface area contributed by atoms with E-state index in [2.05, 4.69) is 4.99 Å². The Morgan fingerprint density at radius 1 is 1.56 bits per heavy atom. The van der Waals surface area contributed by atoms with Gasteiger partial charge in [-0.15, -0.1) is 0 Å². The van der Waals surface area contributed by atoms with E-state index in [0.29, 0.717) is 24.5 Å². The molecule has 5 heteroatoms. The topological polar surface area (TPSA) is 56.8 Å². The number of fused-ring (bicyclic) bond motifs is 1. The number of rotatable bonds is 3. The summed E-state index contributed by atoms with van der Waals surface area (Å²) in [6.45, 7) is 2.67. The Kier molecular flexibility index (Phi) is 2.68. The molecule has 0 saturated heterocycles. The van der Waals surface area contributed by atoms with Crippen molar-refractivity contribution >= 4 is 5.84 Å². The smallest absolute Gasteiger partial charge is 0.197 e. The van der Waals surface area contributed by atoms with E-state index in [1.54, 1.807) is 6.07 Å². The maximum atomic E-state index is 14.0. The Balaban J connectivity index is 2.58. The van der Waals surface area contributed by atoms with Crippen molar-refractivity contribution in [2.45, 2.75) is 13.5 Å². The van der Waals surface area contributed by atoms with Crippen LogP contribution in [0.25, 0.3) is 0 Å². The van der Waals surface area contributed by atoms with Crippen LogP contribution in [0.4, 0.5) is 4.39 Å². The summed E-state index contributed by atoms with van der Waals surface area (Å²) in [6.07, 6.45) is 0. The molecule has 2 rings (SSSR count). The molecular formula is C11H13FN2O2. The highest BCUT2D eigenvalue weighted by Crippen LogP contribution is 2.36. The van der Waals surface area contributed by atoms with Gasteiger partial charge in [0.15, 0.2) is 17.3 Å². The number of methoxy groups -OCH3 is 1. The van der Waals surface area contributed by atoms with Crippen molar-refractivity contribution in [1.82, 2.24) is 0 Å². The molecule has 0 saturated carbocycles. The standard InChI is InChI=1S/C11H13FN2O2/c1-3-16-7-4-6-5-14-11(13)8(6)9(12)10(7)15-2/h4H,3,5H2,1-2H3,(H2,13,14). The fourth-order valence-corrected chi connectivity index (χ4v) is 1.76. The predicted molar refractivity (Wildman–Crippen MR) is 58.5 cm³/mol. The van der Waals surface area contributed by atoms with Gasteiger partial charge in [-0.25, -0.2) is 4.39 Å². The quantitative estimate of drug-likeness (QED) is 0.845. The van der Waals surface area contributed by atoms with E-state index in [9.17, 15) is 4.39 Å². The van der Waals surface area contributed by atoms with Crippen molar-refractivity contribution in [3.8, 4) is 11.5 Å². The first kappa shape index (κ1) is 10.7. The zero-order valence-electron chi connectivity index (χ0n) is 9.21. The van der Waals surface area contributed by atoms with Crippen molar-refractivity contribution in [2.75, 3.05) is 13.7 Å². The Bertz CT molecular complexity index is 458. The Morgan fingerprint density at radius 2 is 2.31 bits per heavy atom. The number of aliphatic imine (C=N–C) groups is 1. The molecule has 0 atom stereocenters. The first-order valence-electron chi connectivity index (χ1n) is 5.01. The van der Waals surface area contributed by atoms with E-state index in [1.807, 2.05) is 6.92 Å². The number of nitrogens with two attached hydrogens (primary N) is 1. The lowest BCUT2D eigenvalue weighted by Crippen LogP contribution is -2.14. The largest absolute Gasteiger partial charge is 0.490 e. The van der Waals surface area contributed by atoms with E-state index in [-0.39, 0.29) is 11.6 Å². The van der Waals surface area contributed by atoms with Gasteiger partial charge in [-0.3, -0.25) is 4.99 Å². The Morgan fingerprint density at radius 3 is 2.94 bits per heavy atom. The van der Waals surface area contributed by atoms with Gasteiger partial charge in [0, 0.05) is 0 Å². The molecule has 86 valence electrons. The van der Waals surface area contributed by atoms with Gasteiger partial charge in [0.25, 0.3) is 0 Å². The van der Waals surface area contributed by atoms with Crippen LogP contribution in [-0.4, -0.2) is 19.6 Å². The van der Waals surface area contributed by atoms with Crippen LogP contribution in [0.1, 0.15) is 18.1 Å². The van der Waals surface area contributed by atoms with Gasteiger partial charge in [0.1, 0.15) is 5.84 Å². The number of amidine groups is 1. The molecule has 0 radical (unpaired) electrons. The highest BCUT2D eigenvalue weighted by atomic mass is 19.1. The molecule has 1 aliphatic heterocycles. The molecule has 1 heterocycles. The second kappa shape index (κ2) is 4.00. The summed E-state index contributed by atoms with van der Waals surface area (Å²) in [6, 6.07) is 1.73. The fourth-order valence-electron chi connectivity index (χ4n) is 1.76. The fraction of sp³-hybridized carbons (Fsp3) is 0.364. The molecule has 1 aliphatic rings. The minimum atomic E-state index is -0.498. The lowest BCUT2D eigenvalue weighted by atomic mass is 10.1. The molecule has 0 amide bonds. The average Bonchev–Trinajstić information content (AvgIpc) is 2.61. The second-order valence-corrected chi connectivity index (χ2v) is 3.39. The summed E-state index contributed by atoms with van der Waals surface area (Å²) in [7, 11) is 1.40. The van der Waals surface area contributed by atoms with Gasteiger partial charge in [-0.1, -0.05) is 0 Å². The maximum Gasteiger partial charge on any atom is 0.197 e. The van der Waals surface area contributed by atoms with E-state index in [1.165, 1.54) is 7.11 Å². The Labute approximate surface area is 92.9 Å². The van der Waals surface area contributed by atoms with Crippen molar-refractivity contribution in [2.24, 2.45) is 10.7 Å². The monoisotopic (exact) mass is 224 g/mol. The number of benzene rings is 1. The van der Waals surface area contributed by atoms with Crippen molar-refractivity contribution in [1.29, 1.82) is 0 Å². The Hall–Kier alpha value is -1.78. The SMILES string of the molecule is CCOc1cc2c(c(F)c1OC)C(N)=NC2. The molecule has 4 nitrogen and oxygen atoms in total. The third-order valence-electron chi connectivity index (χ3n) is 2.45. The highest BCUT2D eigenvalue weighted by Gasteiger charge is 2.25. The molecule has 1 aromatic carbocycles. The molecule has 0 aromatic heterocycles. The minimum absolute atomic E-state index is 0.0839. The van der Waals surface area contributed by atoms with Gasteiger partial charge in [-0.2, -0.15) is 0 Å². The van der Waals surface area contributed by atoms with Crippen molar-refractivity contribution in [3.05, 3.63) is 23.0 Å². The van der Waals surface area contributed by atoms with Crippen LogP contribution in [-0.2, 0) is 6.54 Å². The lowest BCUT2D eigenvalue weighted by Gasteiger charge is -2.13. The van der Waals surface area contributed by atoms with E-state index < -0.39 is 5.82 Å². The van der Waals surface area contributed by atoms with Crippen LogP contribution in [0.15, 0.2) is 11.1 Å². The molecule has 0 spiro atoms. The van der Waals surface area contributed by atoms with Crippen molar-refractivity contribution in [3.63, 3.8) is 0 Å². The third kappa shape index (κ3) is 1.48. The third-order valence-corrected chi connectivity index (χ3v) is 2.45. The second-order valence-electron chi connectivity index (χ2n) is 3.39. The van der Waals surface area contributed by atoms with Gasteiger partial charge in [0.05, 0.1) is 25.8 Å². The summed E-state index contributed by atoms with van der Waals surface area (Å²) in [5.41, 5.74) is 6.68. The van der Waals surface area contributed by atoms with E-state index in [4.69, 9.17) is 15.2 Å². The van der Waals surface area contributed by atoms with Gasteiger partial charge in [-0.05, 0) is 18.6 Å². The zero-order valence-corrected chi connectivity index (χ0v) is 9.21. The number of halogens is 1. The van der Waals surface area contributed by atoms with Crippen LogP contribution in [0.2, 0.25) is 0 Å². The summed E-state index contributed by atoms with van der Waals surface area (Å²) < 4.78 is 24.3. The van der Waals surface area contributed by atoms with Crippen LogP contribution in [0.5, 0.6) is 11.5 Å². The molecule has 2 N–H and O–H groups in total. The van der Waals surface area contributed by atoms with Gasteiger partial charge >= 0.3 is 0 Å². The van der Waals surface area contributed by atoms with E-state index in [0.717, 1.165) is 5.56 Å². The average molecular weight is 224 g/mol. The number of nitrogens with zero attached hydrogens (tertiary/aromatic N) is 1. The normalized spacial score (nSPS) is 13.3. The molecular weight excluding hydrogens is 211 g/mol. The lowest BCUT2D eigenvalue weighted by molar-refractivity contribution is 0.301. The molecule has 16 heavy (non-hydrogen) atoms. The predicted octanol–water partition coefficient (Wildman–Crippen LogP) is 1.45.